The van der Waals surface area contributed by atoms with E-state index in [-0.39, 0.29) is 16.6 Å². The summed E-state index contributed by atoms with van der Waals surface area (Å²) < 4.78 is 0. The second-order valence-electron chi connectivity index (χ2n) is 7.50. The molecule has 0 fully saturated rings. The van der Waals surface area contributed by atoms with E-state index < -0.39 is 0 Å². The van der Waals surface area contributed by atoms with Gasteiger partial charge in [0, 0.05) is 6.42 Å². The Morgan fingerprint density at radius 1 is 1.15 bits per heavy atom. The number of carbonyl (C=O) groups excluding carboxylic acids is 1. The largest absolute Gasteiger partial charge is 0.508 e. The van der Waals surface area contributed by atoms with Crippen LogP contribution in [0.25, 0.3) is 0 Å². The molecule has 0 saturated carbocycles. The summed E-state index contributed by atoms with van der Waals surface area (Å²) in [6, 6.07) is 0. The average Bonchev–Trinajstić information content (AvgIpc) is 2.24. The van der Waals surface area contributed by atoms with Crippen molar-refractivity contribution in [3.63, 3.8) is 0 Å². The first-order valence-corrected chi connectivity index (χ1v) is 7.20. The number of allylic oxidation sites excluding steroid dienone is 4. The van der Waals surface area contributed by atoms with E-state index in [0.29, 0.717) is 12.8 Å². The molecule has 2 heteroatoms. The molecule has 0 aromatic carbocycles. The van der Waals surface area contributed by atoms with Gasteiger partial charge in [-0.25, -0.2) is 0 Å². The van der Waals surface area contributed by atoms with E-state index in [2.05, 4.69) is 33.4 Å². The fourth-order valence-corrected chi connectivity index (χ4v) is 1.81. The molecular weight excluding hydrogens is 248 g/mol. The van der Waals surface area contributed by atoms with Crippen LogP contribution in [-0.4, -0.2) is 11.4 Å². The molecule has 0 unspecified atom stereocenters. The lowest BCUT2D eigenvalue weighted by Gasteiger charge is -2.23. The highest BCUT2D eigenvalue weighted by atomic mass is 16.3. The van der Waals surface area contributed by atoms with E-state index in [0.717, 1.165) is 23.9 Å². The van der Waals surface area contributed by atoms with Crippen LogP contribution in [0, 0.1) is 10.8 Å². The van der Waals surface area contributed by atoms with Gasteiger partial charge in [-0.1, -0.05) is 65.8 Å². The third kappa shape index (κ3) is 7.98. The summed E-state index contributed by atoms with van der Waals surface area (Å²) in [6.07, 6.45) is 7.22. The van der Waals surface area contributed by atoms with Gasteiger partial charge >= 0.3 is 0 Å². The fraction of sp³-hybridized carbons (Fsp3) is 0.611. The second-order valence-corrected chi connectivity index (χ2v) is 7.50. The number of aliphatic hydroxyl groups is 1. The van der Waals surface area contributed by atoms with E-state index in [1.54, 1.807) is 0 Å². The van der Waals surface area contributed by atoms with Crippen molar-refractivity contribution in [3.8, 4) is 0 Å². The Balaban J connectivity index is 5.40. The van der Waals surface area contributed by atoms with Gasteiger partial charge < -0.3 is 9.90 Å². The molecule has 0 aromatic heterocycles. The quantitative estimate of drug-likeness (QED) is 0.403. The lowest BCUT2D eigenvalue weighted by atomic mass is 9.83. The van der Waals surface area contributed by atoms with E-state index in [9.17, 15) is 9.90 Å². The number of rotatable bonds is 6. The summed E-state index contributed by atoms with van der Waals surface area (Å²) in [7, 11) is 0. The zero-order chi connectivity index (χ0) is 16.0. The smallest absolute Gasteiger partial charge is 0.120 e. The molecule has 1 N–H and O–H groups in total. The minimum atomic E-state index is -0.173. The van der Waals surface area contributed by atoms with Crippen LogP contribution in [0.2, 0.25) is 0 Å². The molecule has 20 heavy (non-hydrogen) atoms. The first-order chi connectivity index (χ1) is 8.97. The third-order valence-electron chi connectivity index (χ3n) is 2.98. The molecule has 0 aromatic rings. The number of carbonyl (C=O) groups is 1. The molecule has 0 aliphatic heterocycles. The Hall–Kier alpha value is -1.31. The van der Waals surface area contributed by atoms with Gasteiger partial charge in [0.15, 0.2) is 0 Å². The maximum atomic E-state index is 10.6. The van der Waals surface area contributed by atoms with Gasteiger partial charge in [-0.3, -0.25) is 0 Å². The number of hydrogen-bond donors (Lipinski definition) is 1. The zero-order valence-corrected chi connectivity index (χ0v) is 13.9. The first kappa shape index (κ1) is 18.7. The molecule has 0 atom stereocenters. The van der Waals surface area contributed by atoms with Gasteiger partial charge in [-0.05, 0) is 29.2 Å². The molecule has 0 rings (SSSR count). The van der Waals surface area contributed by atoms with E-state index >= 15 is 0 Å². The molecular formula is C18H30O2. The first-order valence-electron chi connectivity index (χ1n) is 7.20. The van der Waals surface area contributed by atoms with E-state index in [1.165, 1.54) is 0 Å². The summed E-state index contributed by atoms with van der Waals surface area (Å²) in [6.45, 7) is 16.3. The van der Waals surface area contributed by atoms with Crippen LogP contribution >= 0.6 is 0 Å². The highest BCUT2D eigenvalue weighted by Gasteiger charge is 2.20. The Bertz CT molecular complexity index is 398. The van der Waals surface area contributed by atoms with Crippen LogP contribution in [0.3, 0.4) is 0 Å². The molecule has 114 valence electrons. The van der Waals surface area contributed by atoms with Crippen molar-refractivity contribution >= 4 is 6.29 Å². The van der Waals surface area contributed by atoms with Gasteiger partial charge in [0.1, 0.15) is 12.0 Å². The number of hydrogen-bond acceptors (Lipinski definition) is 2. The van der Waals surface area contributed by atoms with Gasteiger partial charge in [0.2, 0.25) is 0 Å². The predicted octanol–water partition coefficient (Wildman–Crippen LogP) is 5.37. The minimum Gasteiger partial charge on any atom is -0.508 e. The lowest BCUT2D eigenvalue weighted by Crippen LogP contribution is -2.11. The molecule has 0 bridgehead atoms. The molecule has 0 amide bonds. The third-order valence-corrected chi connectivity index (χ3v) is 2.98. The summed E-state index contributed by atoms with van der Waals surface area (Å²) in [5.41, 5.74) is 1.95. The maximum Gasteiger partial charge on any atom is 0.120 e. The van der Waals surface area contributed by atoms with Crippen molar-refractivity contribution in [2.24, 2.45) is 10.8 Å². The van der Waals surface area contributed by atoms with Gasteiger partial charge in [-0.15, -0.1) is 0 Å². The molecule has 0 spiro atoms. The topological polar surface area (TPSA) is 37.3 Å². The van der Waals surface area contributed by atoms with Crippen molar-refractivity contribution in [2.75, 3.05) is 0 Å². The molecule has 0 aliphatic carbocycles. The fourth-order valence-electron chi connectivity index (χ4n) is 1.81. The zero-order valence-electron chi connectivity index (χ0n) is 13.9. The van der Waals surface area contributed by atoms with Crippen molar-refractivity contribution in [3.05, 3.63) is 35.6 Å². The van der Waals surface area contributed by atoms with Crippen LogP contribution in [-0.2, 0) is 4.79 Å². The minimum absolute atomic E-state index is 0.102. The summed E-state index contributed by atoms with van der Waals surface area (Å²) in [5.74, 6) is 0.102. The monoisotopic (exact) mass is 278 g/mol. The Morgan fingerprint density at radius 3 is 2.05 bits per heavy atom. The van der Waals surface area contributed by atoms with Crippen molar-refractivity contribution in [2.45, 2.75) is 60.8 Å². The van der Waals surface area contributed by atoms with Gasteiger partial charge in [0.05, 0.1) is 0 Å². The van der Waals surface area contributed by atoms with Gasteiger partial charge in [0.25, 0.3) is 0 Å². The second kappa shape index (κ2) is 7.47. The normalized spacial score (nSPS) is 14.3. The predicted molar refractivity (Wildman–Crippen MR) is 86.8 cm³/mol. The number of aldehydes is 1. The molecule has 0 heterocycles. The lowest BCUT2D eigenvalue weighted by molar-refractivity contribution is -0.107. The molecule has 0 aliphatic rings. The van der Waals surface area contributed by atoms with Crippen LogP contribution in [0.5, 0.6) is 0 Å². The summed E-state index contributed by atoms with van der Waals surface area (Å²) in [5, 5.41) is 9.79. The van der Waals surface area contributed by atoms with Crippen molar-refractivity contribution in [1.29, 1.82) is 0 Å². The van der Waals surface area contributed by atoms with Crippen LogP contribution in [0.1, 0.15) is 60.8 Å². The van der Waals surface area contributed by atoms with E-state index in [1.807, 2.05) is 26.8 Å². The Labute approximate surface area is 124 Å². The molecule has 2 nitrogen and oxygen atoms in total. The van der Waals surface area contributed by atoms with E-state index in [4.69, 9.17) is 0 Å². The van der Waals surface area contributed by atoms with Crippen LogP contribution in [0.15, 0.2) is 35.6 Å². The van der Waals surface area contributed by atoms with Crippen molar-refractivity contribution < 1.29 is 9.90 Å². The standard InChI is InChI=1S/C18H30O2/c1-14(20)16(18(5,6)7)13-15(9-8-12-19)10-11-17(2,3)4/h10,12-13,20H,1,8-9,11H2,2-7H3/b15-10-,16-13+. The highest BCUT2D eigenvalue weighted by Crippen LogP contribution is 2.31. The average molecular weight is 278 g/mol. The van der Waals surface area contributed by atoms with Crippen molar-refractivity contribution in [1.82, 2.24) is 0 Å². The molecule has 0 radical (unpaired) electrons. The summed E-state index contributed by atoms with van der Waals surface area (Å²) >= 11 is 0. The Morgan fingerprint density at radius 2 is 1.70 bits per heavy atom. The molecule has 0 saturated heterocycles. The Kier molecular flexibility index (Phi) is 6.98. The highest BCUT2D eigenvalue weighted by molar-refractivity contribution is 5.50. The number of aliphatic hydroxyl groups excluding tert-OH is 1. The maximum absolute atomic E-state index is 10.6. The SMILES string of the molecule is C=C(O)/C(=C\C(=C/CC(C)(C)C)CCC=O)C(C)(C)C. The van der Waals surface area contributed by atoms with Crippen LogP contribution < -0.4 is 0 Å². The van der Waals surface area contributed by atoms with Crippen LogP contribution in [0.4, 0.5) is 0 Å². The summed E-state index contributed by atoms with van der Waals surface area (Å²) in [4.78, 5) is 10.6. The van der Waals surface area contributed by atoms with Gasteiger partial charge in [-0.2, -0.15) is 0 Å².